The number of carboxylic acid groups (broad SMARTS) is 2. The Hall–Kier alpha value is -3.98. The van der Waals surface area contributed by atoms with Crippen LogP contribution in [-0.2, 0) is 50.4 Å². The molecule has 0 atom stereocenters. The smallest absolute Gasteiger partial charge is 0.542 e. The zero-order valence-corrected chi connectivity index (χ0v) is 32.5. The summed E-state index contributed by atoms with van der Waals surface area (Å²) in [6, 6.07) is 66.1. The molecule has 0 saturated carbocycles. The maximum absolute atomic E-state index is 10.5. The molecule has 6 rings (SSSR count). The normalized spacial score (nSPS) is 10.4. The van der Waals surface area contributed by atoms with Crippen LogP contribution in [0.5, 0.6) is 0 Å². The maximum atomic E-state index is 10.5. The Morgan fingerprint density at radius 3 is 0.778 bits per heavy atom. The minimum absolute atomic E-state index is 0. The third kappa shape index (κ3) is 16.6. The molecule has 0 aliphatic carbocycles. The Balaban J connectivity index is 0.000000393. The van der Waals surface area contributed by atoms with Crippen molar-refractivity contribution < 1.29 is 87.0 Å². The van der Waals surface area contributed by atoms with Crippen LogP contribution in [0, 0.1) is 12.1 Å². The molecule has 0 aliphatic rings. The number of hydrogen-bond donors (Lipinski definition) is 0. The summed E-state index contributed by atoms with van der Waals surface area (Å²) >= 11 is 0. The Bertz CT molecular complexity index is 1580. The molecule has 54 heavy (non-hydrogen) atoms. The molecule has 6 aromatic carbocycles. The molecule has 0 fully saturated rings. The van der Waals surface area contributed by atoms with Gasteiger partial charge in [0, 0.05) is 0 Å². The fourth-order valence-electron chi connectivity index (χ4n) is 4.21. The van der Waals surface area contributed by atoms with Gasteiger partial charge < -0.3 is 19.8 Å². The zero-order valence-electron chi connectivity index (χ0n) is 27.6. The molecule has 0 aliphatic heterocycles. The van der Waals surface area contributed by atoms with Crippen molar-refractivity contribution in [1.29, 1.82) is 0 Å². The molecule has 0 amide bonds. The van der Waals surface area contributed by atoms with E-state index in [1.54, 1.807) is 0 Å². The monoisotopic (exact) mass is 960 g/mol. The summed E-state index contributed by atoms with van der Waals surface area (Å²) in [7, 11) is -1.00. The van der Waals surface area contributed by atoms with Gasteiger partial charge in [0.1, 0.15) is 11.9 Å². The Labute approximate surface area is 339 Å². The largest absolute Gasteiger partial charge is 2.00 e. The molecule has 14 heteroatoms. The molecule has 0 radical (unpaired) electrons. The van der Waals surface area contributed by atoms with E-state index in [4.69, 9.17) is 19.8 Å². The number of rotatable bonds is 6. The number of halogens is 6. The van der Waals surface area contributed by atoms with E-state index >= 15 is 0 Å². The van der Waals surface area contributed by atoms with Crippen LogP contribution in [0.2, 0.25) is 0 Å². The number of carbonyl (C=O) groups is 2. The van der Waals surface area contributed by atoms with Gasteiger partial charge in [-0.05, 0) is 37.1 Å². The van der Waals surface area contributed by atoms with Crippen molar-refractivity contribution in [2.75, 3.05) is 0 Å². The van der Waals surface area contributed by atoms with E-state index in [1.807, 2.05) is 24.3 Å². The van der Waals surface area contributed by atoms with Gasteiger partial charge in [-0.3, -0.25) is 0 Å². The molecule has 284 valence electrons. The number of hydrogen-bond acceptors (Lipinski definition) is 4. The minimum atomic E-state index is -5.19. The van der Waals surface area contributed by atoms with Gasteiger partial charge in [0.25, 0.3) is 0 Å². The van der Waals surface area contributed by atoms with Crippen LogP contribution in [0.3, 0.4) is 0 Å². The van der Waals surface area contributed by atoms with E-state index in [-0.39, 0.29) is 40.8 Å². The van der Waals surface area contributed by atoms with Gasteiger partial charge in [-0.25, -0.2) is 0 Å². The topological polar surface area (TPSA) is 80.3 Å². The summed E-state index contributed by atoms with van der Waals surface area (Å²) in [5.74, 6) is -6.01. The molecule has 4 nitrogen and oxygen atoms in total. The molecular formula is C40H28F6O4P2Pd2. The molecule has 0 spiro atoms. The predicted octanol–water partition coefficient (Wildman–Crippen LogP) is 5.08. The SMILES string of the molecule is O=C([O-])C(F)(F)F.O=C([O-])C(F)(F)F.[Pd+2].[Pd+2].[c-]1ccccc1P(c1ccccc1)c1ccccc1.[c-]1ccccc1P(c1ccccc1)c1ccccc1. The first-order chi connectivity index (χ1) is 24.8. The second-order valence-electron chi connectivity index (χ2n) is 10.1. The molecule has 0 heterocycles. The van der Waals surface area contributed by atoms with E-state index in [1.165, 1.54) is 31.8 Å². The number of benzene rings is 6. The molecule has 0 bridgehead atoms. The summed E-state index contributed by atoms with van der Waals surface area (Å²) in [4.78, 5) is 17.6. The summed E-state index contributed by atoms with van der Waals surface area (Å²) in [5, 5.41) is 25.6. The molecule has 0 saturated heterocycles. The zero-order chi connectivity index (χ0) is 38.0. The third-order valence-electron chi connectivity index (χ3n) is 6.39. The number of carbonyl (C=O) groups excluding carboxylic acids is 2. The standard InChI is InChI=1S/2C18H14P.2C2HF3O2.2Pd/c2*1-4-10-16(11-5-1)19(17-12-6-2-7-13-17)18-14-8-3-9-15-18;2*3-2(4,5)1(6)7;;/h2*1-14H;2*(H,6,7);;/q2*-1;;;2*+2/p-2. The molecule has 0 aromatic heterocycles. The van der Waals surface area contributed by atoms with Crippen molar-refractivity contribution in [3.8, 4) is 0 Å². The van der Waals surface area contributed by atoms with E-state index in [0.29, 0.717) is 0 Å². The van der Waals surface area contributed by atoms with Gasteiger partial charge in [-0.15, -0.1) is 10.6 Å². The van der Waals surface area contributed by atoms with Crippen LogP contribution in [0.15, 0.2) is 170 Å². The number of carboxylic acids is 2. The van der Waals surface area contributed by atoms with Gasteiger partial charge in [0.15, 0.2) is 0 Å². The molecular weight excluding hydrogens is 933 g/mol. The average Bonchev–Trinajstić information content (AvgIpc) is 3.15. The summed E-state index contributed by atoms with van der Waals surface area (Å²) < 4.78 is 63.1. The Morgan fingerprint density at radius 1 is 0.407 bits per heavy atom. The quantitative estimate of drug-likeness (QED) is 0.101. The van der Waals surface area contributed by atoms with Crippen LogP contribution in [0.25, 0.3) is 0 Å². The first kappa shape index (κ1) is 48.0. The summed E-state index contributed by atoms with van der Waals surface area (Å²) in [6.07, 6.45) is -10.4. The van der Waals surface area contributed by atoms with Crippen molar-refractivity contribution in [1.82, 2.24) is 0 Å². The number of alkyl halides is 6. The first-order valence-electron chi connectivity index (χ1n) is 15.1. The summed E-state index contributed by atoms with van der Waals surface area (Å²) in [6.45, 7) is 0. The van der Waals surface area contributed by atoms with Crippen molar-refractivity contribution in [3.63, 3.8) is 0 Å². The van der Waals surface area contributed by atoms with E-state index in [9.17, 15) is 26.3 Å². The van der Waals surface area contributed by atoms with Crippen molar-refractivity contribution in [3.05, 3.63) is 182 Å². The summed E-state index contributed by atoms with van der Waals surface area (Å²) in [5.41, 5.74) is 0. The van der Waals surface area contributed by atoms with Gasteiger partial charge in [0.05, 0.1) is 0 Å². The van der Waals surface area contributed by atoms with Crippen LogP contribution in [-0.4, -0.2) is 24.3 Å². The van der Waals surface area contributed by atoms with Gasteiger partial charge in [-0.1, -0.05) is 121 Å². The van der Waals surface area contributed by atoms with E-state index in [2.05, 4.69) is 158 Å². The van der Waals surface area contributed by atoms with Crippen molar-refractivity contribution in [2.24, 2.45) is 0 Å². The fourth-order valence-corrected chi connectivity index (χ4v) is 8.68. The van der Waals surface area contributed by atoms with Crippen molar-refractivity contribution in [2.45, 2.75) is 12.4 Å². The second kappa shape index (κ2) is 24.4. The van der Waals surface area contributed by atoms with Crippen LogP contribution in [0.1, 0.15) is 0 Å². The van der Waals surface area contributed by atoms with E-state index < -0.39 is 40.1 Å². The van der Waals surface area contributed by atoms with Crippen molar-refractivity contribution >= 4 is 59.6 Å². The third-order valence-corrected chi connectivity index (χ3v) is 11.2. The second-order valence-corrected chi connectivity index (χ2v) is 14.4. The molecule has 0 N–H and O–H groups in total. The minimum Gasteiger partial charge on any atom is -0.542 e. The van der Waals surface area contributed by atoms with Crippen LogP contribution >= 0.6 is 15.8 Å². The van der Waals surface area contributed by atoms with Crippen LogP contribution in [0.4, 0.5) is 26.3 Å². The van der Waals surface area contributed by atoms with E-state index in [0.717, 1.165) is 0 Å². The van der Waals surface area contributed by atoms with Gasteiger partial charge in [-0.2, -0.15) is 87.0 Å². The molecule has 6 aromatic rings. The molecule has 0 unspecified atom stereocenters. The Kier molecular flexibility index (Phi) is 21.7. The average molecular weight is 961 g/mol. The predicted molar refractivity (Wildman–Crippen MR) is 190 cm³/mol. The first-order valence-corrected chi connectivity index (χ1v) is 17.8. The van der Waals surface area contributed by atoms with Gasteiger partial charge in [0.2, 0.25) is 0 Å². The number of aliphatic carboxylic acids is 2. The fraction of sp³-hybridized carbons (Fsp3) is 0.0500. The maximum Gasteiger partial charge on any atom is 2.00 e. The Morgan fingerprint density at radius 2 is 0.611 bits per heavy atom. The van der Waals surface area contributed by atoms with Gasteiger partial charge >= 0.3 is 53.2 Å². The van der Waals surface area contributed by atoms with Crippen LogP contribution < -0.4 is 42.0 Å².